The second-order valence-corrected chi connectivity index (χ2v) is 5.78. The Bertz CT molecular complexity index is 450. The molecule has 0 bridgehead atoms. The zero-order chi connectivity index (χ0) is 15.2. The van der Waals surface area contributed by atoms with E-state index in [0.29, 0.717) is 6.04 Å². The topological polar surface area (TPSA) is 32.8 Å². The summed E-state index contributed by atoms with van der Waals surface area (Å²) in [5.41, 5.74) is 1.19. The molecule has 1 saturated heterocycles. The fraction of sp³-hybridized carbons (Fsp3) is 0.588. The normalized spacial score (nSPS) is 17.6. The summed E-state index contributed by atoms with van der Waals surface area (Å²) in [6, 6.07) is 8.40. The second-order valence-electron chi connectivity index (χ2n) is 5.78. The minimum atomic E-state index is 0.0828. The maximum absolute atomic E-state index is 12.2. The van der Waals surface area contributed by atoms with Crippen molar-refractivity contribution in [2.24, 2.45) is 0 Å². The molecule has 1 aliphatic heterocycles. The van der Waals surface area contributed by atoms with Crippen LogP contribution < -0.4 is 4.74 Å². The number of aryl methyl sites for hydroxylation is 1. The largest absolute Gasteiger partial charge is 0.484 e. The van der Waals surface area contributed by atoms with Gasteiger partial charge in [0.2, 0.25) is 0 Å². The van der Waals surface area contributed by atoms with Gasteiger partial charge >= 0.3 is 0 Å². The van der Waals surface area contributed by atoms with Crippen molar-refractivity contribution in [3.8, 4) is 5.75 Å². The highest BCUT2D eigenvalue weighted by molar-refractivity contribution is 5.77. The van der Waals surface area contributed by atoms with Gasteiger partial charge in [-0.2, -0.15) is 0 Å². The van der Waals surface area contributed by atoms with Crippen LogP contribution >= 0.6 is 0 Å². The maximum atomic E-state index is 12.2. The highest BCUT2D eigenvalue weighted by atomic mass is 16.5. The molecule has 1 aliphatic rings. The maximum Gasteiger partial charge on any atom is 0.260 e. The molecule has 0 aromatic heterocycles. The summed E-state index contributed by atoms with van der Waals surface area (Å²) in [5.74, 6) is 0.839. The molecule has 1 heterocycles. The van der Waals surface area contributed by atoms with E-state index in [1.807, 2.05) is 36.1 Å². The summed E-state index contributed by atoms with van der Waals surface area (Å²) in [7, 11) is 0. The molecule has 0 radical (unpaired) electrons. The Morgan fingerprint density at radius 1 is 1.19 bits per heavy atom. The molecule has 0 aliphatic carbocycles. The molecule has 4 heteroatoms. The van der Waals surface area contributed by atoms with E-state index in [9.17, 15) is 4.79 Å². The lowest BCUT2D eigenvalue weighted by molar-refractivity contribution is -0.135. The van der Waals surface area contributed by atoms with E-state index in [1.54, 1.807) is 0 Å². The Labute approximate surface area is 127 Å². The Hall–Kier alpha value is -1.55. The van der Waals surface area contributed by atoms with Gasteiger partial charge in [-0.25, -0.2) is 0 Å². The summed E-state index contributed by atoms with van der Waals surface area (Å²) in [6.07, 6.45) is 1.16. The molecule has 0 saturated carbocycles. The average molecular weight is 290 g/mol. The average Bonchev–Trinajstić information content (AvgIpc) is 2.53. The van der Waals surface area contributed by atoms with Crippen molar-refractivity contribution < 1.29 is 9.53 Å². The zero-order valence-corrected chi connectivity index (χ0v) is 13.3. The van der Waals surface area contributed by atoms with Crippen molar-refractivity contribution in [3.63, 3.8) is 0 Å². The molecule has 2 rings (SSSR count). The van der Waals surface area contributed by atoms with Gasteiger partial charge in [-0.3, -0.25) is 9.69 Å². The molecule has 1 amide bonds. The van der Waals surface area contributed by atoms with Crippen LogP contribution in [-0.4, -0.2) is 54.5 Å². The van der Waals surface area contributed by atoms with Gasteiger partial charge in [0.25, 0.3) is 5.91 Å². The third-order valence-electron chi connectivity index (χ3n) is 4.26. The number of carbonyl (C=O) groups is 1. The van der Waals surface area contributed by atoms with Crippen LogP contribution in [0, 0.1) is 6.92 Å². The molecule has 0 N–H and O–H groups in total. The predicted molar refractivity (Wildman–Crippen MR) is 84.6 cm³/mol. The first-order chi connectivity index (χ1) is 10.1. The first kappa shape index (κ1) is 15.8. The van der Waals surface area contributed by atoms with E-state index < -0.39 is 0 Å². The molecule has 116 valence electrons. The monoisotopic (exact) mass is 290 g/mol. The van der Waals surface area contributed by atoms with E-state index in [4.69, 9.17) is 4.74 Å². The molecule has 0 spiro atoms. The first-order valence-electron chi connectivity index (χ1n) is 7.81. The number of nitrogens with zero attached hydrogens (tertiary/aromatic N) is 2. The van der Waals surface area contributed by atoms with Crippen molar-refractivity contribution in [3.05, 3.63) is 29.8 Å². The highest BCUT2D eigenvalue weighted by Crippen LogP contribution is 2.12. The van der Waals surface area contributed by atoms with Gasteiger partial charge in [-0.05, 0) is 32.4 Å². The standard InChI is InChI=1S/C17H26N2O2/c1-4-15(3)18-9-11-19(12-10-18)17(20)13-21-16-7-5-14(2)6-8-16/h5-8,15H,4,9-13H2,1-3H3/t15-/m1/s1. The van der Waals surface area contributed by atoms with Gasteiger partial charge in [0, 0.05) is 32.2 Å². The third-order valence-corrected chi connectivity index (χ3v) is 4.26. The van der Waals surface area contributed by atoms with Crippen LogP contribution in [0.3, 0.4) is 0 Å². The Morgan fingerprint density at radius 3 is 2.38 bits per heavy atom. The van der Waals surface area contributed by atoms with Gasteiger partial charge in [0.05, 0.1) is 0 Å². The van der Waals surface area contributed by atoms with E-state index in [2.05, 4.69) is 18.7 Å². The van der Waals surface area contributed by atoms with Crippen LogP contribution in [0.5, 0.6) is 5.75 Å². The van der Waals surface area contributed by atoms with E-state index in [0.717, 1.165) is 38.3 Å². The van der Waals surface area contributed by atoms with Crippen LogP contribution in [-0.2, 0) is 4.79 Å². The van der Waals surface area contributed by atoms with E-state index in [-0.39, 0.29) is 12.5 Å². The highest BCUT2D eigenvalue weighted by Gasteiger charge is 2.23. The fourth-order valence-electron chi connectivity index (χ4n) is 2.54. The van der Waals surface area contributed by atoms with Crippen LogP contribution in [0.2, 0.25) is 0 Å². The smallest absolute Gasteiger partial charge is 0.260 e. The van der Waals surface area contributed by atoms with Gasteiger partial charge in [0.1, 0.15) is 5.75 Å². The molecular weight excluding hydrogens is 264 g/mol. The van der Waals surface area contributed by atoms with Crippen LogP contribution in [0.25, 0.3) is 0 Å². The Morgan fingerprint density at radius 2 is 1.81 bits per heavy atom. The van der Waals surface area contributed by atoms with E-state index in [1.165, 1.54) is 5.56 Å². The minimum absolute atomic E-state index is 0.0828. The summed E-state index contributed by atoms with van der Waals surface area (Å²) in [6.45, 7) is 10.2. The molecule has 21 heavy (non-hydrogen) atoms. The third kappa shape index (κ3) is 4.46. The predicted octanol–water partition coefficient (Wildman–Crippen LogP) is 2.32. The van der Waals surface area contributed by atoms with Crippen LogP contribution in [0.15, 0.2) is 24.3 Å². The number of amides is 1. The molecule has 0 unspecified atom stereocenters. The number of benzene rings is 1. The van der Waals surface area contributed by atoms with Crippen molar-refractivity contribution in [1.82, 2.24) is 9.80 Å². The summed E-state index contributed by atoms with van der Waals surface area (Å²) in [4.78, 5) is 16.5. The number of hydrogen-bond donors (Lipinski definition) is 0. The number of piperazine rings is 1. The lowest BCUT2D eigenvalue weighted by atomic mass is 10.2. The second kappa shape index (κ2) is 7.46. The van der Waals surface area contributed by atoms with Gasteiger partial charge in [-0.1, -0.05) is 24.6 Å². The number of rotatable bonds is 5. The first-order valence-corrected chi connectivity index (χ1v) is 7.81. The van der Waals surface area contributed by atoms with Gasteiger partial charge in [0.15, 0.2) is 6.61 Å². The number of carbonyl (C=O) groups excluding carboxylic acids is 1. The zero-order valence-electron chi connectivity index (χ0n) is 13.3. The van der Waals surface area contributed by atoms with Crippen molar-refractivity contribution in [2.45, 2.75) is 33.2 Å². The van der Waals surface area contributed by atoms with Crippen molar-refractivity contribution >= 4 is 5.91 Å². The Balaban J connectivity index is 1.76. The molecule has 1 aromatic carbocycles. The lowest BCUT2D eigenvalue weighted by Crippen LogP contribution is -2.52. The summed E-state index contributed by atoms with van der Waals surface area (Å²) in [5, 5.41) is 0. The number of hydrogen-bond acceptors (Lipinski definition) is 3. The van der Waals surface area contributed by atoms with Gasteiger partial charge in [-0.15, -0.1) is 0 Å². The molecular formula is C17H26N2O2. The van der Waals surface area contributed by atoms with E-state index >= 15 is 0 Å². The minimum Gasteiger partial charge on any atom is -0.484 e. The molecule has 1 aromatic rings. The van der Waals surface area contributed by atoms with Gasteiger partial charge < -0.3 is 9.64 Å². The SMILES string of the molecule is CC[C@@H](C)N1CCN(C(=O)COc2ccc(C)cc2)CC1. The fourth-order valence-corrected chi connectivity index (χ4v) is 2.54. The molecule has 1 fully saturated rings. The lowest BCUT2D eigenvalue weighted by Gasteiger charge is -2.37. The van der Waals surface area contributed by atoms with Crippen LogP contribution in [0.1, 0.15) is 25.8 Å². The number of ether oxygens (including phenoxy) is 1. The quantitative estimate of drug-likeness (QED) is 0.834. The van der Waals surface area contributed by atoms with Crippen molar-refractivity contribution in [1.29, 1.82) is 0 Å². The Kier molecular flexibility index (Phi) is 5.62. The summed E-state index contributed by atoms with van der Waals surface area (Å²) >= 11 is 0. The van der Waals surface area contributed by atoms with Crippen LogP contribution in [0.4, 0.5) is 0 Å². The molecule has 1 atom stereocenters. The molecule has 4 nitrogen and oxygen atoms in total. The van der Waals surface area contributed by atoms with Crippen molar-refractivity contribution in [2.75, 3.05) is 32.8 Å². The summed E-state index contributed by atoms with van der Waals surface area (Å²) < 4.78 is 5.57.